The van der Waals surface area contributed by atoms with E-state index in [4.69, 9.17) is 0 Å². The minimum Gasteiger partial charge on any atom is -0.391 e. The van der Waals surface area contributed by atoms with Gasteiger partial charge in [0.25, 0.3) is 5.56 Å². The van der Waals surface area contributed by atoms with Crippen molar-refractivity contribution in [1.29, 1.82) is 0 Å². The molecule has 6 heteroatoms. The zero-order valence-corrected chi connectivity index (χ0v) is 14.7. The molecule has 0 aliphatic carbocycles. The van der Waals surface area contributed by atoms with Gasteiger partial charge in [0, 0.05) is 29.4 Å². The molecule has 2 heterocycles. The van der Waals surface area contributed by atoms with Gasteiger partial charge in [-0.3, -0.25) is 9.20 Å². The van der Waals surface area contributed by atoms with Crippen LogP contribution in [0.15, 0.2) is 46.6 Å². The molecular formula is C18H21N3O2S. The molecule has 0 unspecified atom stereocenters. The zero-order chi connectivity index (χ0) is 17.1. The van der Waals surface area contributed by atoms with Crippen molar-refractivity contribution in [3.63, 3.8) is 0 Å². The molecule has 1 N–H and O–H groups in total. The van der Waals surface area contributed by atoms with Gasteiger partial charge >= 0.3 is 0 Å². The summed E-state index contributed by atoms with van der Waals surface area (Å²) in [7, 11) is 0. The first-order chi connectivity index (χ1) is 11.6. The van der Waals surface area contributed by atoms with E-state index in [1.54, 1.807) is 10.5 Å². The van der Waals surface area contributed by atoms with E-state index in [-0.39, 0.29) is 5.56 Å². The highest BCUT2D eigenvalue weighted by molar-refractivity contribution is 7.15. The lowest BCUT2D eigenvalue weighted by Crippen LogP contribution is -2.32. The van der Waals surface area contributed by atoms with Crippen LogP contribution in [0, 0.1) is 6.92 Å². The van der Waals surface area contributed by atoms with E-state index in [9.17, 15) is 9.90 Å². The third kappa shape index (κ3) is 3.49. The van der Waals surface area contributed by atoms with Crippen molar-refractivity contribution < 1.29 is 5.11 Å². The lowest BCUT2D eigenvalue weighted by molar-refractivity contribution is 0.175. The van der Waals surface area contributed by atoms with E-state index >= 15 is 0 Å². The maximum Gasteiger partial charge on any atom is 0.259 e. The lowest BCUT2D eigenvalue weighted by Gasteiger charge is -2.26. The summed E-state index contributed by atoms with van der Waals surface area (Å²) in [5.74, 6) is 0. The molecule has 0 fully saturated rings. The van der Waals surface area contributed by atoms with Crippen LogP contribution in [-0.2, 0) is 6.54 Å². The third-order valence-corrected chi connectivity index (χ3v) is 4.95. The number of aromatic nitrogens is 2. The van der Waals surface area contributed by atoms with Gasteiger partial charge in [0.15, 0.2) is 4.96 Å². The first kappa shape index (κ1) is 16.7. The average Bonchev–Trinajstić information content (AvgIpc) is 2.96. The summed E-state index contributed by atoms with van der Waals surface area (Å²) >= 11 is 1.47. The molecule has 1 atom stereocenters. The van der Waals surface area contributed by atoms with Crippen LogP contribution in [0.2, 0.25) is 0 Å². The van der Waals surface area contributed by atoms with E-state index in [2.05, 4.69) is 9.88 Å². The van der Waals surface area contributed by atoms with E-state index in [0.717, 1.165) is 11.4 Å². The number of fused-ring (bicyclic) bond motifs is 1. The fraction of sp³-hybridized carbons (Fsp3) is 0.333. The summed E-state index contributed by atoms with van der Waals surface area (Å²) in [6, 6.07) is 11.5. The molecule has 5 nitrogen and oxygen atoms in total. The normalized spacial score (nSPS) is 12.5. The number of nitrogens with zero attached hydrogens (tertiary/aromatic N) is 3. The standard InChI is InChI=1S/C18H21N3O2S/c1-3-16(22)11-20(15-7-5-4-6-8-15)10-14-9-17(23)21-13(2)12-24-18(21)19-14/h4-9,12,16,22H,3,10-11H2,1-2H3/t16-/m0/s1. The third-order valence-electron chi connectivity index (χ3n) is 4.01. The summed E-state index contributed by atoms with van der Waals surface area (Å²) < 4.78 is 1.63. The van der Waals surface area contributed by atoms with E-state index in [1.807, 2.05) is 49.6 Å². The number of aryl methyl sites for hydroxylation is 1. The van der Waals surface area contributed by atoms with Crippen LogP contribution in [0.3, 0.4) is 0 Å². The predicted octanol–water partition coefficient (Wildman–Crippen LogP) is 2.84. The first-order valence-electron chi connectivity index (χ1n) is 8.03. The fourth-order valence-corrected chi connectivity index (χ4v) is 3.55. The molecule has 0 aliphatic heterocycles. The molecule has 3 rings (SSSR count). The molecule has 0 saturated carbocycles. The van der Waals surface area contributed by atoms with Crippen molar-refractivity contribution in [2.45, 2.75) is 32.9 Å². The topological polar surface area (TPSA) is 57.8 Å². The van der Waals surface area contributed by atoms with E-state index in [1.165, 1.54) is 11.3 Å². The Bertz CT molecular complexity index is 873. The minimum absolute atomic E-state index is 0.0576. The van der Waals surface area contributed by atoms with Crippen molar-refractivity contribution in [1.82, 2.24) is 9.38 Å². The van der Waals surface area contributed by atoms with Gasteiger partial charge in [0.1, 0.15) is 0 Å². The second-order valence-electron chi connectivity index (χ2n) is 5.86. The van der Waals surface area contributed by atoms with Gasteiger partial charge in [-0.1, -0.05) is 25.1 Å². The number of aliphatic hydroxyl groups excluding tert-OH is 1. The largest absolute Gasteiger partial charge is 0.391 e. The fourth-order valence-electron chi connectivity index (χ4n) is 2.66. The van der Waals surface area contributed by atoms with E-state index < -0.39 is 6.10 Å². The summed E-state index contributed by atoms with van der Waals surface area (Å²) in [5, 5.41) is 12.0. The van der Waals surface area contributed by atoms with Crippen molar-refractivity contribution in [2.24, 2.45) is 0 Å². The van der Waals surface area contributed by atoms with Crippen LogP contribution in [0.1, 0.15) is 24.7 Å². The molecule has 126 valence electrons. The van der Waals surface area contributed by atoms with Gasteiger partial charge < -0.3 is 10.0 Å². The number of rotatable bonds is 6. The van der Waals surface area contributed by atoms with Crippen molar-refractivity contribution in [3.05, 3.63) is 63.5 Å². The second kappa shape index (κ2) is 7.15. The number of aliphatic hydroxyl groups is 1. The molecular weight excluding hydrogens is 322 g/mol. The number of hydrogen-bond donors (Lipinski definition) is 1. The van der Waals surface area contributed by atoms with Gasteiger partial charge in [-0.2, -0.15) is 0 Å². The maximum absolute atomic E-state index is 12.3. The number of hydrogen-bond acceptors (Lipinski definition) is 5. The maximum atomic E-state index is 12.3. The Morgan fingerprint density at radius 2 is 2.08 bits per heavy atom. The highest BCUT2D eigenvalue weighted by Gasteiger charge is 2.14. The molecule has 0 radical (unpaired) electrons. The van der Waals surface area contributed by atoms with Gasteiger partial charge in [-0.25, -0.2) is 4.98 Å². The van der Waals surface area contributed by atoms with Crippen LogP contribution in [0.4, 0.5) is 5.69 Å². The highest BCUT2D eigenvalue weighted by atomic mass is 32.1. The molecule has 2 aromatic heterocycles. The zero-order valence-electron chi connectivity index (χ0n) is 13.8. The summed E-state index contributed by atoms with van der Waals surface area (Å²) in [6.45, 7) is 4.86. The van der Waals surface area contributed by atoms with Crippen LogP contribution in [-0.4, -0.2) is 27.1 Å². The number of anilines is 1. The monoisotopic (exact) mass is 343 g/mol. The number of thiazole rings is 1. The Kier molecular flexibility index (Phi) is 4.97. The van der Waals surface area contributed by atoms with Crippen LogP contribution in [0.25, 0.3) is 4.96 Å². The Hall–Kier alpha value is -2.18. The lowest BCUT2D eigenvalue weighted by atomic mass is 10.2. The van der Waals surface area contributed by atoms with E-state index in [0.29, 0.717) is 30.2 Å². The van der Waals surface area contributed by atoms with Gasteiger partial charge in [-0.15, -0.1) is 11.3 Å². The molecule has 3 aromatic rings. The van der Waals surface area contributed by atoms with Crippen molar-refractivity contribution in [2.75, 3.05) is 11.4 Å². The molecule has 0 aliphatic rings. The van der Waals surface area contributed by atoms with Crippen LogP contribution < -0.4 is 10.5 Å². The summed E-state index contributed by atoms with van der Waals surface area (Å²) in [5.41, 5.74) is 2.57. The quantitative estimate of drug-likeness (QED) is 0.748. The Morgan fingerprint density at radius 3 is 2.79 bits per heavy atom. The molecule has 0 spiro atoms. The van der Waals surface area contributed by atoms with Gasteiger partial charge in [0.2, 0.25) is 0 Å². The number of benzene rings is 1. The van der Waals surface area contributed by atoms with Crippen molar-refractivity contribution >= 4 is 22.0 Å². The van der Waals surface area contributed by atoms with Gasteiger partial charge in [0.05, 0.1) is 18.3 Å². The Balaban J connectivity index is 1.93. The van der Waals surface area contributed by atoms with Crippen LogP contribution in [0.5, 0.6) is 0 Å². The number of para-hydroxylation sites is 1. The molecule has 0 bridgehead atoms. The SMILES string of the molecule is CC[C@H](O)CN(Cc1cc(=O)n2c(C)csc2n1)c1ccccc1. The predicted molar refractivity (Wildman–Crippen MR) is 97.9 cm³/mol. The summed E-state index contributed by atoms with van der Waals surface area (Å²) in [4.78, 5) is 19.7. The minimum atomic E-state index is -0.418. The molecule has 24 heavy (non-hydrogen) atoms. The van der Waals surface area contributed by atoms with Gasteiger partial charge in [-0.05, 0) is 25.5 Å². The van der Waals surface area contributed by atoms with Crippen LogP contribution >= 0.6 is 11.3 Å². The molecule has 1 aromatic carbocycles. The highest BCUT2D eigenvalue weighted by Crippen LogP contribution is 2.18. The molecule has 0 saturated heterocycles. The molecule has 0 amide bonds. The Morgan fingerprint density at radius 1 is 1.33 bits per heavy atom. The van der Waals surface area contributed by atoms with Crippen molar-refractivity contribution in [3.8, 4) is 0 Å². The smallest absolute Gasteiger partial charge is 0.259 e. The first-order valence-corrected chi connectivity index (χ1v) is 8.91. The Labute approximate surface area is 144 Å². The second-order valence-corrected chi connectivity index (χ2v) is 6.70. The average molecular weight is 343 g/mol. The summed E-state index contributed by atoms with van der Waals surface area (Å²) in [6.07, 6.45) is 0.266.